The van der Waals surface area contributed by atoms with E-state index in [0.717, 1.165) is 28.8 Å². The van der Waals surface area contributed by atoms with Crippen LogP contribution in [0.5, 0.6) is 0 Å². The second kappa shape index (κ2) is 6.12. The Kier molecular flexibility index (Phi) is 3.92. The monoisotopic (exact) mass is 346 g/mol. The molecule has 0 bridgehead atoms. The summed E-state index contributed by atoms with van der Waals surface area (Å²) in [6, 6.07) is 16.9. The first kappa shape index (κ1) is 16.0. The van der Waals surface area contributed by atoms with Crippen LogP contribution in [0.4, 0.5) is 0 Å². The highest BCUT2D eigenvalue weighted by Gasteiger charge is 2.22. The summed E-state index contributed by atoms with van der Waals surface area (Å²) in [5.41, 5.74) is 5.72. The van der Waals surface area contributed by atoms with Gasteiger partial charge in [-0.2, -0.15) is 9.47 Å². The van der Waals surface area contributed by atoms with Gasteiger partial charge in [-0.3, -0.25) is 5.10 Å². The van der Waals surface area contributed by atoms with Crippen LogP contribution >= 0.6 is 11.5 Å². The quantitative estimate of drug-likeness (QED) is 0.541. The number of hydrogen-bond acceptors (Lipinski definition) is 3. The molecule has 0 unspecified atom stereocenters. The first-order chi connectivity index (χ1) is 12.0. The van der Waals surface area contributed by atoms with Crippen molar-refractivity contribution in [1.82, 2.24) is 14.6 Å². The zero-order valence-electron chi connectivity index (χ0n) is 14.6. The van der Waals surface area contributed by atoms with Crippen LogP contribution in [0.1, 0.15) is 36.9 Å². The standard InChI is InChI=1S/C21H20N3S/c1-21(2,3)20-17(13-22-25-20)15-9-10-18-16(12-15)19(24-23-18)11-14-7-5-4-6-8-14/h4-10,12H,11H2,1-3H3,(H,23,24). The second-order valence-electron chi connectivity index (χ2n) is 7.34. The third-order valence-corrected chi connectivity index (χ3v) is 5.53. The summed E-state index contributed by atoms with van der Waals surface area (Å²) in [5.74, 6) is 0. The molecule has 2 aromatic carbocycles. The van der Waals surface area contributed by atoms with E-state index in [0.29, 0.717) is 0 Å². The lowest BCUT2D eigenvalue weighted by Gasteiger charge is -2.17. The number of nitrogens with one attached hydrogen (secondary N) is 1. The molecule has 4 aromatic rings. The molecule has 1 N–H and O–H groups in total. The summed E-state index contributed by atoms with van der Waals surface area (Å²) in [4.78, 5) is 1.26. The van der Waals surface area contributed by atoms with E-state index < -0.39 is 0 Å². The molecule has 2 aromatic heterocycles. The summed E-state index contributed by atoms with van der Waals surface area (Å²) in [7, 11) is 0. The van der Waals surface area contributed by atoms with Crippen LogP contribution in [0.2, 0.25) is 0 Å². The number of hydrogen-bond donors (Lipinski definition) is 1. The second-order valence-corrected chi connectivity index (χ2v) is 8.11. The molecule has 0 aliphatic rings. The predicted molar refractivity (Wildman–Crippen MR) is 104 cm³/mol. The average molecular weight is 346 g/mol. The van der Waals surface area contributed by atoms with Crippen molar-refractivity contribution in [1.29, 1.82) is 0 Å². The summed E-state index contributed by atoms with van der Waals surface area (Å²) < 4.78 is 4.32. The Morgan fingerprint density at radius 1 is 1.08 bits per heavy atom. The number of benzene rings is 2. The fourth-order valence-electron chi connectivity index (χ4n) is 3.07. The van der Waals surface area contributed by atoms with Crippen molar-refractivity contribution in [2.75, 3.05) is 0 Å². The van der Waals surface area contributed by atoms with E-state index in [1.54, 1.807) is 0 Å². The maximum atomic E-state index is 4.54. The van der Waals surface area contributed by atoms with Gasteiger partial charge in [-0.15, -0.1) is 0 Å². The molecular formula is C21H20N3S. The topological polar surface area (TPSA) is 41.6 Å². The third kappa shape index (κ3) is 3.10. The number of fused-ring (bicyclic) bond motifs is 1. The third-order valence-electron chi connectivity index (χ3n) is 4.35. The van der Waals surface area contributed by atoms with Crippen LogP contribution in [-0.2, 0) is 11.8 Å². The Morgan fingerprint density at radius 3 is 2.64 bits per heavy atom. The fourth-order valence-corrected chi connectivity index (χ4v) is 3.82. The molecule has 2 heterocycles. The molecule has 1 radical (unpaired) electrons. The lowest BCUT2D eigenvalue weighted by Crippen LogP contribution is -2.09. The van der Waals surface area contributed by atoms with Crippen molar-refractivity contribution in [3.8, 4) is 11.1 Å². The van der Waals surface area contributed by atoms with Crippen LogP contribution < -0.4 is 0 Å². The molecule has 25 heavy (non-hydrogen) atoms. The smallest absolute Gasteiger partial charge is 0.112 e. The average Bonchev–Trinajstić information content (AvgIpc) is 3.22. The molecule has 0 fully saturated rings. The highest BCUT2D eigenvalue weighted by Crippen LogP contribution is 2.36. The minimum absolute atomic E-state index is 0.0607. The van der Waals surface area contributed by atoms with E-state index in [4.69, 9.17) is 0 Å². The predicted octanol–water partition coefficient (Wildman–Crippen LogP) is 5.37. The maximum absolute atomic E-state index is 4.54. The lowest BCUT2D eigenvalue weighted by atomic mass is 9.89. The van der Waals surface area contributed by atoms with E-state index in [1.165, 1.54) is 27.4 Å². The van der Waals surface area contributed by atoms with Gasteiger partial charge in [0.05, 0.1) is 11.2 Å². The molecule has 4 heteroatoms. The lowest BCUT2D eigenvalue weighted by molar-refractivity contribution is 0.605. The summed E-state index contributed by atoms with van der Waals surface area (Å²) in [6.07, 6.45) is 4.01. The van der Waals surface area contributed by atoms with E-state index in [1.807, 2.05) is 6.07 Å². The number of H-pyrrole nitrogens is 1. The minimum Gasteiger partial charge on any atom is -0.278 e. The molecule has 0 saturated carbocycles. The summed E-state index contributed by atoms with van der Waals surface area (Å²) >= 11 is 1.54. The molecule has 0 aliphatic carbocycles. The zero-order chi connectivity index (χ0) is 17.4. The molecule has 0 aliphatic heterocycles. The Morgan fingerprint density at radius 2 is 1.88 bits per heavy atom. The molecule has 0 saturated heterocycles. The Labute approximate surface area is 151 Å². The van der Waals surface area contributed by atoms with Gasteiger partial charge in [0.2, 0.25) is 0 Å². The Balaban J connectivity index is 1.78. The minimum atomic E-state index is 0.0607. The largest absolute Gasteiger partial charge is 0.278 e. The molecule has 0 amide bonds. The normalized spacial score (nSPS) is 12.0. The fraction of sp³-hybridized carbons (Fsp3) is 0.238. The highest BCUT2D eigenvalue weighted by atomic mass is 32.1. The Bertz CT molecular complexity index is 1010. The summed E-state index contributed by atoms with van der Waals surface area (Å²) in [6.45, 7) is 6.65. The maximum Gasteiger partial charge on any atom is 0.112 e. The van der Waals surface area contributed by atoms with Gasteiger partial charge in [0, 0.05) is 22.2 Å². The SMILES string of the molecule is CC(C)(C)c1sn[c]c1-c1ccc2[nH]nc(Cc3ccccc3)c2c1. The first-order valence-corrected chi connectivity index (χ1v) is 9.19. The first-order valence-electron chi connectivity index (χ1n) is 8.41. The van der Waals surface area contributed by atoms with Crippen LogP contribution in [-0.4, -0.2) is 14.6 Å². The van der Waals surface area contributed by atoms with Gasteiger partial charge in [-0.1, -0.05) is 57.2 Å². The number of aromatic amines is 1. The molecule has 0 atom stereocenters. The number of aromatic nitrogens is 3. The van der Waals surface area contributed by atoms with Gasteiger partial charge in [-0.05, 0) is 40.2 Å². The van der Waals surface area contributed by atoms with Gasteiger partial charge >= 0.3 is 0 Å². The van der Waals surface area contributed by atoms with Crippen molar-refractivity contribution < 1.29 is 0 Å². The molecule has 4 rings (SSSR count). The van der Waals surface area contributed by atoms with Gasteiger partial charge in [0.15, 0.2) is 0 Å². The van der Waals surface area contributed by atoms with Crippen LogP contribution in [0.15, 0.2) is 48.5 Å². The highest BCUT2D eigenvalue weighted by molar-refractivity contribution is 7.06. The van der Waals surface area contributed by atoms with Crippen molar-refractivity contribution in [2.45, 2.75) is 32.6 Å². The van der Waals surface area contributed by atoms with E-state index in [9.17, 15) is 0 Å². The van der Waals surface area contributed by atoms with Gasteiger partial charge in [0.1, 0.15) is 6.20 Å². The Hall–Kier alpha value is -2.46. The van der Waals surface area contributed by atoms with Crippen molar-refractivity contribution in [3.63, 3.8) is 0 Å². The van der Waals surface area contributed by atoms with E-state index >= 15 is 0 Å². The number of nitrogens with zero attached hydrogens (tertiary/aromatic N) is 2. The van der Waals surface area contributed by atoms with Gasteiger partial charge < -0.3 is 0 Å². The summed E-state index contributed by atoms with van der Waals surface area (Å²) in [5, 5.41) is 8.86. The zero-order valence-corrected chi connectivity index (χ0v) is 15.4. The van der Waals surface area contributed by atoms with Crippen LogP contribution in [0.3, 0.4) is 0 Å². The van der Waals surface area contributed by atoms with E-state index in [2.05, 4.69) is 84.0 Å². The number of rotatable bonds is 3. The van der Waals surface area contributed by atoms with Crippen LogP contribution in [0.25, 0.3) is 22.0 Å². The van der Waals surface area contributed by atoms with Crippen LogP contribution in [0, 0.1) is 6.20 Å². The van der Waals surface area contributed by atoms with Crippen molar-refractivity contribution >= 4 is 22.4 Å². The van der Waals surface area contributed by atoms with Crippen molar-refractivity contribution in [2.24, 2.45) is 0 Å². The van der Waals surface area contributed by atoms with Crippen molar-refractivity contribution in [3.05, 3.63) is 70.9 Å². The van der Waals surface area contributed by atoms with Gasteiger partial charge in [0.25, 0.3) is 0 Å². The molecular weight excluding hydrogens is 326 g/mol. The molecule has 0 spiro atoms. The van der Waals surface area contributed by atoms with E-state index in [-0.39, 0.29) is 5.41 Å². The molecule has 3 nitrogen and oxygen atoms in total. The molecule has 125 valence electrons. The van der Waals surface area contributed by atoms with Gasteiger partial charge in [-0.25, -0.2) is 0 Å².